The van der Waals surface area contributed by atoms with Crippen LogP contribution in [0.25, 0.3) is 10.9 Å². The van der Waals surface area contributed by atoms with Gasteiger partial charge in [0, 0.05) is 29.2 Å². The highest BCUT2D eigenvalue weighted by Gasteiger charge is 2.17. The molecule has 0 bridgehead atoms. The van der Waals surface area contributed by atoms with Gasteiger partial charge in [-0.15, -0.1) is 0 Å². The SMILES string of the molecule is Cc1cccc(NC(=S)N(CCO)Cc2cc3cc4c(cc3[nH]c2=O)OCO4)c1. The molecule has 1 aliphatic rings. The lowest BCUT2D eigenvalue weighted by Crippen LogP contribution is -2.37. The van der Waals surface area contributed by atoms with Gasteiger partial charge in [0.2, 0.25) is 6.79 Å². The molecular weight excluding hydrogens is 390 g/mol. The van der Waals surface area contributed by atoms with Crippen molar-refractivity contribution in [1.29, 1.82) is 0 Å². The molecule has 150 valence electrons. The van der Waals surface area contributed by atoms with E-state index in [1.165, 1.54) is 0 Å². The molecule has 29 heavy (non-hydrogen) atoms. The van der Waals surface area contributed by atoms with Gasteiger partial charge in [-0.3, -0.25) is 4.79 Å². The minimum absolute atomic E-state index is 0.0835. The topological polar surface area (TPSA) is 86.8 Å². The number of aromatic amines is 1. The molecule has 0 saturated carbocycles. The first-order valence-corrected chi connectivity index (χ1v) is 9.63. The van der Waals surface area contributed by atoms with Crippen LogP contribution >= 0.6 is 12.2 Å². The Labute approximate surface area is 172 Å². The van der Waals surface area contributed by atoms with Crippen LogP contribution in [0.1, 0.15) is 11.1 Å². The Morgan fingerprint density at radius 1 is 1.24 bits per heavy atom. The van der Waals surface area contributed by atoms with Gasteiger partial charge in [0.05, 0.1) is 18.7 Å². The number of rotatable bonds is 5. The number of aliphatic hydroxyl groups excluding tert-OH is 1. The number of thiocarbonyl (C=S) groups is 1. The minimum Gasteiger partial charge on any atom is -0.454 e. The van der Waals surface area contributed by atoms with Gasteiger partial charge < -0.3 is 29.8 Å². The number of H-pyrrole nitrogens is 1. The van der Waals surface area contributed by atoms with Crippen molar-refractivity contribution in [1.82, 2.24) is 9.88 Å². The van der Waals surface area contributed by atoms with Gasteiger partial charge in [0.25, 0.3) is 5.56 Å². The van der Waals surface area contributed by atoms with Crippen LogP contribution < -0.4 is 20.3 Å². The zero-order valence-corrected chi connectivity index (χ0v) is 16.7. The predicted molar refractivity (Wildman–Crippen MR) is 116 cm³/mol. The predicted octanol–water partition coefficient (Wildman–Crippen LogP) is 2.76. The van der Waals surface area contributed by atoms with Crippen LogP contribution in [0.4, 0.5) is 5.69 Å². The van der Waals surface area contributed by atoms with Gasteiger partial charge in [-0.05, 0) is 49.0 Å². The maximum Gasteiger partial charge on any atom is 0.253 e. The monoisotopic (exact) mass is 411 g/mol. The van der Waals surface area contributed by atoms with E-state index in [-0.39, 0.29) is 25.5 Å². The summed E-state index contributed by atoms with van der Waals surface area (Å²) in [6.07, 6.45) is 0. The lowest BCUT2D eigenvalue weighted by Gasteiger charge is -2.25. The van der Waals surface area contributed by atoms with Crippen molar-refractivity contribution < 1.29 is 14.6 Å². The number of aromatic nitrogens is 1. The molecular formula is C21H21N3O4S. The molecule has 8 heteroatoms. The molecule has 0 unspecified atom stereocenters. The molecule has 3 aromatic rings. The van der Waals surface area contributed by atoms with Gasteiger partial charge in [-0.1, -0.05) is 12.1 Å². The van der Waals surface area contributed by atoms with Crippen LogP contribution in [0.5, 0.6) is 11.5 Å². The van der Waals surface area contributed by atoms with Crippen LogP contribution in [0.3, 0.4) is 0 Å². The third-order valence-corrected chi connectivity index (χ3v) is 5.06. The summed E-state index contributed by atoms with van der Waals surface area (Å²) in [6.45, 7) is 2.65. The number of nitrogens with zero attached hydrogens (tertiary/aromatic N) is 1. The van der Waals surface area contributed by atoms with Crippen LogP contribution in [0.2, 0.25) is 0 Å². The van der Waals surface area contributed by atoms with E-state index in [0.717, 1.165) is 16.6 Å². The Morgan fingerprint density at radius 3 is 2.79 bits per heavy atom. The zero-order valence-electron chi connectivity index (χ0n) is 15.9. The molecule has 0 saturated heterocycles. The fourth-order valence-corrected chi connectivity index (χ4v) is 3.54. The molecule has 2 aromatic carbocycles. The number of nitrogens with one attached hydrogen (secondary N) is 2. The van der Waals surface area contributed by atoms with Crippen LogP contribution in [-0.4, -0.2) is 40.0 Å². The Balaban J connectivity index is 1.59. The quantitative estimate of drug-likeness (QED) is 0.557. The second kappa shape index (κ2) is 8.10. The lowest BCUT2D eigenvalue weighted by molar-refractivity contribution is 0.174. The van der Waals surface area contributed by atoms with Crippen LogP contribution in [0.15, 0.2) is 47.3 Å². The van der Waals surface area contributed by atoms with E-state index in [1.807, 2.05) is 43.3 Å². The number of hydrogen-bond donors (Lipinski definition) is 3. The Morgan fingerprint density at radius 2 is 2.03 bits per heavy atom. The van der Waals surface area contributed by atoms with E-state index in [0.29, 0.717) is 34.2 Å². The normalized spacial score (nSPS) is 12.2. The number of anilines is 1. The molecule has 3 N–H and O–H groups in total. The Kier molecular flexibility index (Phi) is 5.37. The van der Waals surface area contributed by atoms with E-state index >= 15 is 0 Å². The summed E-state index contributed by atoms with van der Waals surface area (Å²) < 4.78 is 10.8. The molecule has 1 aliphatic heterocycles. The van der Waals surface area contributed by atoms with E-state index in [2.05, 4.69) is 10.3 Å². The Hall–Kier alpha value is -3.10. The van der Waals surface area contributed by atoms with Crippen LogP contribution in [0, 0.1) is 6.92 Å². The second-order valence-corrected chi connectivity index (χ2v) is 7.25. The van der Waals surface area contributed by atoms with Crippen molar-refractivity contribution in [3.05, 3.63) is 63.9 Å². The number of benzene rings is 2. The number of aliphatic hydroxyl groups is 1. The van der Waals surface area contributed by atoms with Gasteiger partial charge >= 0.3 is 0 Å². The summed E-state index contributed by atoms with van der Waals surface area (Å²) in [4.78, 5) is 17.3. The average Bonchev–Trinajstić information content (AvgIpc) is 3.13. The van der Waals surface area contributed by atoms with E-state index in [4.69, 9.17) is 21.7 Å². The summed E-state index contributed by atoms with van der Waals surface area (Å²) >= 11 is 5.52. The summed E-state index contributed by atoms with van der Waals surface area (Å²) in [5, 5.41) is 13.9. The number of hydrogen-bond acceptors (Lipinski definition) is 5. The van der Waals surface area contributed by atoms with Crippen LogP contribution in [-0.2, 0) is 6.54 Å². The largest absolute Gasteiger partial charge is 0.454 e. The first-order valence-electron chi connectivity index (χ1n) is 9.22. The fourth-order valence-electron chi connectivity index (χ4n) is 3.26. The number of ether oxygens (including phenoxy) is 2. The molecule has 1 aromatic heterocycles. The first kappa shape index (κ1) is 19.2. The highest BCUT2D eigenvalue weighted by Crippen LogP contribution is 2.35. The maximum atomic E-state index is 12.6. The molecule has 2 heterocycles. The Bertz CT molecular complexity index is 1130. The molecule has 7 nitrogen and oxygen atoms in total. The summed E-state index contributed by atoms with van der Waals surface area (Å²) in [6, 6.07) is 13.3. The smallest absolute Gasteiger partial charge is 0.253 e. The van der Waals surface area contributed by atoms with Crippen molar-refractivity contribution >= 4 is 33.9 Å². The molecule has 0 radical (unpaired) electrons. The number of pyridine rings is 1. The van der Waals surface area contributed by atoms with Gasteiger partial charge in [0.15, 0.2) is 16.6 Å². The minimum atomic E-state index is -0.210. The van der Waals surface area contributed by atoms with Crippen molar-refractivity contribution in [3.63, 3.8) is 0 Å². The third kappa shape index (κ3) is 4.18. The van der Waals surface area contributed by atoms with Gasteiger partial charge in [-0.25, -0.2) is 0 Å². The van der Waals surface area contributed by atoms with Crippen molar-refractivity contribution in [2.45, 2.75) is 13.5 Å². The highest BCUT2D eigenvalue weighted by molar-refractivity contribution is 7.80. The van der Waals surface area contributed by atoms with E-state index in [9.17, 15) is 9.90 Å². The molecule has 0 atom stereocenters. The highest BCUT2D eigenvalue weighted by atomic mass is 32.1. The van der Waals surface area contributed by atoms with Crippen molar-refractivity contribution in [3.8, 4) is 11.5 Å². The molecule has 0 aliphatic carbocycles. The third-order valence-electron chi connectivity index (χ3n) is 4.70. The summed E-state index contributed by atoms with van der Waals surface area (Å²) in [5.41, 5.74) is 2.97. The number of aryl methyl sites for hydroxylation is 1. The maximum absolute atomic E-state index is 12.6. The average molecular weight is 411 g/mol. The fraction of sp³-hybridized carbons (Fsp3) is 0.238. The first-order chi connectivity index (χ1) is 14.0. The van der Waals surface area contributed by atoms with E-state index in [1.54, 1.807) is 11.0 Å². The van der Waals surface area contributed by atoms with Crippen molar-refractivity contribution in [2.75, 3.05) is 25.3 Å². The van der Waals surface area contributed by atoms with E-state index < -0.39 is 0 Å². The molecule has 0 fully saturated rings. The van der Waals surface area contributed by atoms with Gasteiger partial charge in [0.1, 0.15) is 0 Å². The summed E-state index contributed by atoms with van der Waals surface area (Å²) in [5.74, 6) is 1.27. The van der Waals surface area contributed by atoms with Gasteiger partial charge in [-0.2, -0.15) is 0 Å². The van der Waals surface area contributed by atoms with Crippen molar-refractivity contribution in [2.24, 2.45) is 0 Å². The molecule has 0 amide bonds. The number of fused-ring (bicyclic) bond motifs is 2. The molecule has 4 rings (SSSR count). The second-order valence-electron chi connectivity index (χ2n) is 6.86. The molecule has 0 spiro atoms. The lowest BCUT2D eigenvalue weighted by atomic mass is 10.1. The standard InChI is InChI=1S/C21H21N3O4S/c1-13-3-2-4-16(7-13)22-21(29)24(5-6-25)11-15-8-14-9-18-19(28-12-27-18)10-17(14)23-20(15)26/h2-4,7-10,25H,5-6,11-12H2,1H3,(H,22,29)(H,23,26). The zero-order chi connectivity index (χ0) is 20.4. The summed E-state index contributed by atoms with van der Waals surface area (Å²) in [7, 11) is 0.